The van der Waals surface area contributed by atoms with E-state index in [0.717, 1.165) is 25.0 Å². The summed E-state index contributed by atoms with van der Waals surface area (Å²) in [6, 6.07) is 4.19. The second-order valence-corrected chi connectivity index (χ2v) is 5.79. The lowest BCUT2D eigenvalue weighted by Crippen LogP contribution is -2.26. The van der Waals surface area contributed by atoms with Crippen LogP contribution in [0.15, 0.2) is 6.07 Å². The van der Waals surface area contributed by atoms with E-state index in [2.05, 4.69) is 16.4 Å². The normalized spacial score (nSPS) is 23.4. The predicted octanol–water partition coefficient (Wildman–Crippen LogP) is 2.01. The first-order valence-corrected chi connectivity index (χ1v) is 7.06. The van der Waals surface area contributed by atoms with Crippen LogP contribution < -0.4 is 5.32 Å². The van der Waals surface area contributed by atoms with Crippen LogP contribution >= 0.6 is 0 Å². The van der Waals surface area contributed by atoms with E-state index in [-0.39, 0.29) is 6.10 Å². The largest absolute Gasteiger partial charge is 0.366 e. The molecule has 1 aliphatic carbocycles. The maximum atomic E-state index is 9.24. The van der Waals surface area contributed by atoms with Gasteiger partial charge in [-0.15, -0.1) is 0 Å². The fraction of sp³-hybridized carbons (Fsp3) is 0.600. The quantitative estimate of drug-likeness (QED) is 0.912. The van der Waals surface area contributed by atoms with Crippen molar-refractivity contribution in [2.24, 2.45) is 0 Å². The van der Waals surface area contributed by atoms with Gasteiger partial charge in [0, 0.05) is 12.2 Å². The summed E-state index contributed by atoms with van der Waals surface area (Å²) in [4.78, 5) is 4.59. The molecule has 2 aliphatic rings. The van der Waals surface area contributed by atoms with Gasteiger partial charge in [0.15, 0.2) is 5.79 Å². The molecule has 1 aromatic heterocycles. The Hall–Kier alpha value is -1.64. The molecule has 1 atom stereocenters. The van der Waals surface area contributed by atoms with E-state index < -0.39 is 5.79 Å². The van der Waals surface area contributed by atoms with Crippen molar-refractivity contribution in [3.05, 3.63) is 22.9 Å². The van der Waals surface area contributed by atoms with Crippen LogP contribution in [0.25, 0.3) is 0 Å². The minimum Gasteiger partial charge on any atom is -0.366 e. The molecule has 1 fully saturated rings. The number of nitrogens with zero attached hydrogens (tertiary/aromatic N) is 2. The summed E-state index contributed by atoms with van der Waals surface area (Å²) < 4.78 is 11.3. The van der Waals surface area contributed by atoms with Crippen molar-refractivity contribution in [2.45, 2.75) is 45.0 Å². The van der Waals surface area contributed by atoms with Gasteiger partial charge in [-0.25, -0.2) is 4.98 Å². The van der Waals surface area contributed by atoms with Crippen molar-refractivity contribution >= 4 is 5.82 Å². The zero-order chi connectivity index (χ0) is 14.2. The second-order valence-electron chi connectivity index (χ2n) is 5.79. The summed E-state index contributed by atoms with van der Waals surface area (Å²) in [5, 5.41) is 12.5. The highest BCUT2D eigenvalue weighted by molar-refractivity contribution is 5.55. The molecular formula is C15H19N3O2. The van der Waals surface area contributed by atoms with Crippen molar-refractivity contribution in [3.8, 4) is 6.07 Å². The van der Waals surface area contributed by atoms with Gasteiger partial charge < -0.3 is 14.8 Å². The molecule has 1 unspecified atom stereocenters. The van der Waals surface area contributed by atoms with Crippen molar-refractivity contribution in [3.63, 3.8) is 0 Å². The average molecular weight is 273 g/mol. The summed E-state index contributed by atoms with van der Waals surface area (Å²) >= 11 is 0. The van der Waals surface area contributed by atoms with Crippen LogP contribution in [-0.2, 0) is 22.3 Å². The van der Waals surface area contributed by atoms with Gasteiger partial charge in [-0.2, -0.15) is 5.26 Å². The third-order valence-corrected chi connectivity index (χ3v) is 3.74. The molecule has 0 radical (unpaired) electrons. The first-order valence-electron chi connectivity index (χ1n) is 7.06. The number of hydrogen-bond acceptors (Lipinski definition) is 5. The average Bonchev–Trinajstić information content (AvgIpc) is 3.00. The maximum Gasteiger partial charge on any atom is 0.163 e. The highest BCUT2D eigenvalue weighted by Gasteiger charge is 2.32. The Kier molecular flexibility index (Phi) is 3.36. The van der Waals surface area contributed by atoms with Gasteiger partial charge in [0.05, 0.1) is 12.2 Å². The Labute approximate surface area is 118 Å². The number of aryl methyl sites for hydroxylation is 2. The molecule has 1 saturated heterocycles. The molecule has 1 aromatic rings. The number of nitrogens with one attached hydrogen (secondary N) is 1. The standard InChI is InChI=1S/C15H19N3O2/c1-15(2)19-9-12(20-15)8-17-14-11(7-16)6-10-4-3-5-13(10)18-14/h6,12H,3-5,8-9H2,1-2H3,(H,17,18). The van der Waals surface area contributed by atoms with Crippen LogP contribution in [0.3, 0.4) is 0 Å². The monoisotopic (exact) mass is 273 g/mol. The number of fused-ring (bicyclic) bond motifs is 1. The summed E-state index contributed by atoms with van der Waals surface area (Å²) in [5.74, 6) is 0.150. The van der Waals surface area contributed by atoms with Gasteiger partial charge in [-0.1, -0.05) is 0 Å². The number of ether oxygens (including phenoxy) is 2. The lowest BCUT2D eigenvalue weighted by atomic mass is 10.1. The molecule has 1 N–H and O–H groups in total. The molecule has 0 amide bonds. The Morgan fingerprint density at radius 1 is 1.50 bits per heavy atom. The minimum absolute atomic E-state index is 0.00778. The fourth-order valence-electron chi connectivity index (χ4n) is 2.77. The predicted molar refractivity (Wildman–Crippen MR) is 74.4 cm³/mol. The van der Waals surface area contributed by atoms with Crippen LogP contribution in [0.2, 0.25) is 0 Å². The van der Waals surface area contributed by atoms with Gasteiger partial charge in [0.1, 0.15) is 18.0 Å². The molecule has 1 aliphatic heterocycles. The van der Waals surface area contributed by atoms with Crippen molar-refractivity contribution in [1.29, 1.82) is 5.26 Å². The van der Waals surface area contributed by atoms with E-state index in [1.54, 1.807) is 0 Å². The van der Waals surface area contributed by atoms with E-state index >= 15 is 0 Å². The highest BCUT2D eigenvalue weighted by Crippen LogP contribution is 2.26. The van der Waals surface area contributed by atoms with Crippen LogP contribution in [0.4, 0.5) is 5.82 Å². The first kappa shape index (κ1) is 13.3. The Balaban J connectivity index is 1.70. The van der Waals surface area contributed by atoms with Gasteiger partial charge in [-0.05, 0) is 44.7 Å². The molecule has 0 aromatic carbocycles. The molecule has 5 heteroatoms. The van der Waals surface area contributed by atoms with Gasteiger partial charge >= 0.3 is 0 Å². The fourth-order valence-corrected chi connectivity index (χ4v) is 2.77. The second kappa shape index (κ2) is 5.04. The highest BCUT2D eigenvalue weighted by atomic mass is 16.7. The third kappa shape index (κ3) is 2.62. The minimum atomic E-state index is -0.518. The van der Waals surface area contributed by atoms with Crippen LogP contribution in [-0.4, -0.2) is 30.0 Å². The van der Waals surface area contributed by atoms with Crippen LogP contribution in [0.5, 0.6) is 0 Å². The topological polar surface area (TPSA) is 67.2 Å². The number of anilines is 1. The molecule has 0 spiro atoms. The van der Waals surface area contributed by atoms with Crippen LogP contribution in [0, 0.1) is 11.3 Å². The zero-order valence-corrected chi connectivity index (χ0v) is 11.9. The van der Waals surface area contributed by atoms with Crippen molar-refractivity contribution in [1.82, 2.24) is 4.98 Å². The van der Waals surface area contributed by atoms with Crippen LogP contribution in [0.1, 0.15) is 37.1 Å². The molecule has 0 saturated carbocycles. The molecule has 2 heterocycles. The zero-order valence-electron chi connectivity index (χ0n) is 11.9. The van der Waals surface area contributed by atoms with E-state index in [4.69, 9.17) is 9.47 Å². The number of aromatic nitrogens is 1. The van der Waals surface area contributed by atoms with E-state index in [0.29, 0.717) is 24.5 Å². The summed E-state index contributed by atoms with van der Waals surface area (Å²) in [6.07, 6.45) is 3.16. The number of nitriles is 1. The van der Waals surface area contributed by atoms with Crippen molar-refractivity contribution < 1.29 is 9.47 Å². The Morgan fingerprint density at radius 3 is 3.05 bits per heavy atom. The lowest BCUT2D eigenvalue weighted by Gasteiger charge is -2.17. The summed E-state index contributed by atoms with van der Waals surface area (Å²) in [5.41, 5.74) is 2.95. The van der Waals surface area contributed by atoms with E-state index in [9.17, 15) is 5.26 Å². The molecule has 3 rings (SSSR count). The first-order chi connectivity index (χ1) is 9.57. The molecule has 20 heavy (non-hydrogen) atoms. The summed E-state index contributed by atoms with van der Waals surface area (Å²) in [6.45, 7) is 4.97. The Bertz CT molecular complexity index is 563. The summed E-state index contributed by atoms with van der Waals surface area (Å²) in [7, 11) is 0. The van der Waals surface area contributed by atoms with E-state index in [1.165, 1.54) is 5.56 Å². The SMILES string of the molecule is CC1(C)OCC(CNc2nc3c(cc2C#N)CCC3)O1. The molecular weight excluding hydrogens is 254 g/mol. The van der Waals surface area contributed by atoms with E-state index in [1.807, 2.05) is 19.9 Å². The molecule has 5 nitrogen and oxygen atoms in total. The lowest BCUT2D eigenvalue weighted by molar-refractivity contribution is -0.136. The third-order valence-electron chi connectivity index (χ3n) is 3.74. The maximum absolute atomic E-state index is 9.24. The number of hydrogen-bond donors (Lipinski definition) is 1. The molecule has 106 valence electrons. The Morgan fingerprint density at radius 2 is 2.35 bits per heavy atom. The number of rotatable bonds is 3. The van der Waals surface area contributed by atoms with Gasteiger partial charge in [-0.3, -0.25) is 0 Å². The smallest absolute Gasteiger partial charge is 0.163 e. The van der Waals surface area contributed by atoms with Gasteiger partial charge in [0.25, 0.3) is 0 Å². The number of pyridine rings is 1. The molecule has 0 bridgehead atoms. The van der Waals surface area contributed by atoms with Crippen molar-refractivity contribution in [2.75, 3.05) is 18.5 Å². The van der Waals surface area contributed by atoms with Gasteiger partial charge in [0.2, 0.25) is 0 Å².